The summed E-state index contributed by atoms with van der Waals surface area (Å²) in [5.41, 5.74) is 13.4. The number of hydrogen-bond acceptors (Lipinski definition) is 15. The van der Waals surface area contributed by atoms with E-state index in [-0.39, 0.29) is 61.3 Å². The Labute approximate surface area is 483 Å². The van der Waals surface area contributed by atoms with Gasteiger partial charge in [-0.3, -0.25) is 47.9 Å². The molecule has 0 aromatic heterocycles. The van der Waals surface area contributed by atoms with Gasteiger partial charge in [-0.25, -0.2) is 0 Å². The Kier molecular flexibility index (Phi) is 27.1. The van der Waals surface area contributed by atoms with Crippen LogP contribution in [0.15, 0.2) is 97.1 Å². The van der Waals surface area contributed by atoms with Crippen molar-refractivity contribution in [1.29, 1.82) is 0 Å². The zero-order chi connectivity index (χ0) is 60.5. The van der Waals surface area contributed by atoms with Crippen molar-refractivity contribution in [3.8, 4) is 11.5 Å². The largest absolute Gasteiger partial charge is 0.508 e. The summed E-state index contributed by atoms with van der Waals surface area (Å²) in [4.78, 5) is 135. The fourth-order valence-corrected chi connectivity index (χ4v) is 8.89. The van der Waals surface area contributed by atoms with Crippen molar-refractivity contribution < 1.29 is 63.3 Å². The number of aryl methyl sites for hydroxylation is 1. The molecular formula is C56H72ClN11O13S. The maximum absolute atomic E-state index is 14.7. The minimum atomic E-state index is -1.71. The second kappa shape index (κ2) is 33.5. The van der Waals surface area contributed by atoms with Crippen LogP contribution >= 0.6 is 23.4 Å². The molecule has 0 bridgehead atoms. The van der Waals surface area contributed by atoms with Crippen LogP contribution in [0, 0.1) is 0 Å². The number of benzene rings is 4. The fraction of sp³-hybridized carbons (Fsp3) is 0.393. The molecular weight excluding hydrogens is 1100 g/mol. The number of primary amides is 2. The van der Waals surface area contributed by atoms with E-state index in [2.05, 4.69) is 47.9 Å². The number of aliphatic hydroxyl groups excluding tert-OH is 1. The molecule has 442 valence electrons. The van der Waals surface area contributed by atoms with Gasteiger partial charge in [0.2, 0.25) is 53.2 Å². The van der Waals surface area contributed by atoms with Crippen molar-refractivity contribution in [3.63, 3.8) is 0 Å². The number of hydrogen-bond donors (Lipinski definition) is 14. The number of nitrogens with one attached hydrogen (secondary N) is 9. The standard InChI is InChI=1S/C56H72ClN11O13S/c1-31(50(75)65-42(49(59)74)27-35-12-21-39(70)22-13-35)62-55(80)47(32(2)69)68-51(76)41(7-5-6-26-60-3)64-52(77)43(28-34-8-17-37(18-9-34)48(58)73)66-53(78)44(29-36-14-23-40(71)24-15-36)67-54(79)45(30-82-56(81)61-4)63-46(72)25-16-33-10-19-38(57)20-11-33/h8-15,17-24,31-32,41-45,47,60,69-71H,5-7,16,25-30H2,1-4H3,(H2,58,73)(H2,59,74)(H,61,81)(H,62,80)(H,63,72)(H,64,77)(H,65,75)(H,66,78)(H,67,79)(H,68,76)/t31-,32?,41-,42+,43+,44-,45+,47?/m0/s1. The Morgan fingerprint density at radius 3 is 1.49 bits per heavy atom. The van der Waals surface area contributed by atoms with E-state index in [1.807, 2.05) is 0 Å². The molecule has 8 atom stereocenters. The summed E-state index contributed by atoms with van der Waals surface area (Å²) < 4.78 is 0. The molecule has 0 spiro atoms. The molecule has 4 rings (SSSR count). The number of carbonyl (C=O) groups excluding carboxylic acids is 10. The van der Waals surface area contributed by atoms with E-state index >= 15 is 0 Å². The van der Waals surface area contributed by atoms with Crippen LogP contribution in [-0.4, -0.2) is 149 Å². The fourth-order valence-electron chi connectivity index (χ4n) is 8.07. The van der Waals surface area contributed by atoms with E-state index in [4.69, 9.17) is 23.1 Å². The molecule has 26 heteroatoms. The lowest BCUT2D eigenvalue weighted by Crippen LogP contribution is -2.61. The van der Waals surface area contributed by atoms with Gasteiger partial charge in [0.1, 0.15) is 53.8 Å². The van der Waals surface area contributed by atoms with Gasteiger partial charge in [0.05, 0.1) is 6.10 Å². The molecule has 0 radical (unpaired) electrons. The number of phenols is 2. The number of rotatable bonds is 32. The van der Waals surface area contributed by atoms with Gasteiger partial charge in [-0.05, 0) is 124 Å². The molecule has 0 heterocycles. The van der Waals surface area contributed by atoms with Gasteiger partial charge >= 0.3 is 0 Å². The smallest absolute Gasteiger partial charge is 0.278 e. The number of phenolic OH excluding ortho intramolecular Hbond substituents is 2. The van der Waals surface area contributed by atoms with E-state index < -0.39 is 107 Å². The normalized spacial score (nSPS) is 13.9. The Morgan fingerprint density at radius 1 is 0.537 bits per heavy atom. The number of carbonyl (C=O) groups is 10. The maximum atomic E-state index is 14.7. The number of unbranched alkanes of at least 4 members (excludes halogenated alkanes) is 1. The van der Waals surface area contributed by atoms with Gasteiger partial charge in [0.25, 0.3) is 5.24 Å². The lowest BCUT2D eigenvalue weighted by Gasteiger charge is -2.28. The third-order valence-electron chi connectivity index (χ3n) is 12.8. The van der Waals surface area contributed by atoms with Crippen LogP contribution in [0.1, 0.15) is 72.1 Å². The molecule has 82 heavy (non-hydrogen) atoms. The number of aromatic hydroxyl groups is 2. The Hall–Kier alpha value is -8.26. The highest BCUT2D eigenvalue weighted by Gasteiger charge is 2.35. The first-order chi connectivity index (χ1) is 39.0. The Balaban J connectivity index is 1.63. The number of aliphatic hydroxyl groups is 1. The summed E-state index contributed by atoms with van der Waals surface area (Å²) in [6, 6.07) is 14.0. The number of thioether (sulfide) groups is 1. The molecule has 0 saturated carbocycles. The van der Waals surface area contributed by atoms with Crippen molar-refractivity contribution in [1.82, 2.24) is 47.9 Å². The van der Waals surface area contributed by atoms with Gasteiger partial charge in [-0.1, -0.05) is 71.9 Å². The Morgan fingerprint density at radius 2 is 1.00 bits per heavy atom. The lowest BCUT2D eigenvalue weighted by atomic mass is 10.00. The topological polar surface area (TPSA) is 392 Å². The van der Waals surface area contributed by atoms with Crippen LogP contribution < -0.4 is 59.3 Å². The van der Waals surface area contributed by atoms with Crippen molar-refractivity contribution >= 4 is 81.8 Å². The zero-order valence-corrected chi connectivity index (χ0v) is 47.4. The minimum Gasteiger partial charge on any atom is -0.508 e. The summed E-state index contributed by atoms with van der Waals surface area (Å²) in [5.74, 6) is -8.07. The number of nitrogens with two attached hydrogens (primary N) is 2. The highest BCUT2D eigenvalue weighted by molar-refractivity contribution is 8.13. The molecule has 0 aliphatic rings. The first-order valence-electron chi connectivity index (χ1n) is 26.2. The van der Waals surface area contributed by atoms with E-state index in [1.54, 1.807) is 31.3 Å². The molecule has 10 amide bonds. The van der Waals surface area contributed by atoms with E-state index in [1.165, 1.54) is 93.7 Å². The van der Waals surface area contributed by atoms with Crippen LogP contribution in [0.25, 0.3) is 0 Å². The number of halogens is 1. The molecule has 16 N–H and O–H groups in total. The lowest BCUT2D eigenvalue weighted by molar-refractivity contribution is -0.136. The van der Waals surface area contributed by atoms with Gasteiger partial charge in [0.15, 0.2) is 0 Å². The number of amides is 10. The molecule has 24 nitrogen and oxygen atoms in total. The second-order valence-electron chi connectivity index (χ2n) is 19.3. The summed E-state index contributed by atoms with van der Waals surface area (Å²) in [5, 5.41) is 54.0. The SMILES string of the molecule is CNCCCC[C@H](NC(=O)[C@@H](Cc1ccc(C(N)=O)cc1)NC(=O)[C@H](Cc1ccc(O)cc1)NC(=O)[C@@H](CSC(=O)NC)NC(=O)CCc1ccc(Cl)cc1)C(=O)NC(C(=O)N[C@@H](C)C(=O)N[C@H](Cc1ccc(O)cc1)C(N)=O)C(C)O. The molecule has 4 aromatic rings. The average molecular weight is 1170 g/mol. The van der Waals surface area contributed by atoms with Crippen LogP contribution in [0.2, 0.25) is 5.02 Å². The third kappa shape index (κ3) is 22.7. The molecule has 0 fully saturated rings. The van der Waals surface area contributed by atoms with Crippen molar-refractivity contribution in [3.05, 3.63) is 130 Å². The second-order valence-corrected chi connectivity index (χ2v) is 20.7. The summed E-state index contributed by atoms with van der Waals surface area (Å²) in [7, 11) is 3.10. The summed E-state index contributed by atoms with van der Waals surface area (Å²) in [6.07, 6.45) is -1.10. The molecule has 0 aliphatic carbocycles. The minimum absolute atomic E-state index is 0.0214. The molecule has 0 aliphatic heterocycles. The van der Waals surface area contributed by atoms with Crippen LogP contribution in [0.3, 0.4) is 0 Å². The van der Waals surface area contributed by atoms with E-state index in [9.17, 15) is 63.3 Å². The quantitative estimate of drug-likeness (QED) is 0.0292. The Bertz CT molecular complexity index is 2830. The van der Waals surface area contributed by atoms with Crippen LogP contribution in [0.4, 0.5) is 4.79 Å². The summed E-state index contributed by atoms with van der Waals surface area (Å²) >= 11 is 6.72. The molecule has 4 aromatic carbocycles. The highest BCUT2D eigenvalue weighted by Crippen LogP contribution is 2.17. The monoisotopic (exact) mass is 1170 g/mol. The van der Waals surface area contributed by atoms with Crippen molar-refractivity contribution in [2.75, 3.05) is 26.4 Å². The van der Waals surface area contributed by atoms with Gasteiger partial charge in [-0.2, -0.15) is 0 Å². The van der Waals surface area contributed by atoms with Crippen molar-refractivity contribution in [2.24, 2.45) is 11.5 Å². The van der Waals surface area contributed by atoms with Crippen LogP contribution in [-0.2, 0) is 64.0 Å². The summed E-state index contributed by atoms with van der Waals surface area (Å²) in [6.45, 7) is 3.01. The third-order valence-corrected chi connectivity index (χ3v) is 14.0. The first-order valence-corrected chi connectivity index (χ1v) is 27.6. The van der Waals surface area contributed by atoms with E-state index in [0.29, 0.717) is 52.9 Å². The first kappa shape index (κ1) is 66.3. The molecule has 0 saturated heterocycles. The predicted octanol–water partition coefficient (Wildman–Crippen LogP) is 0.253. The van der Waals surface area contributed by atoms with E-state index in [0.717, 1.165) is 5.56 Å². The zero-order valence-electron chi connectivity index (χ0n) is 45.8. The maximum Gasteiger partial charge on any atom is 0.278 e. The van der Waals surface area contributed by atoms with Gasteiger partial charge in [0, 0.05) is 49.1 Å². The molecule has 2 unspecified atom stereocenters. The van der Waals surface area contributed by atoms with Crippen molar-refractivity contribution in [2.45, 2.75) is 114 Å². The van der Waals surface area contributed by atoms with Gasteiger partial charge < -0.3 is 74.6 Å². The highest BCUT2D eigenvalue weighted by atomic mass is 35.5. The average Bonchev–Trinajstić information content (AvgIpc) is 3.50. The van der Waals surface area contributed by atoms with Gasteiger partial charge in [-0.15, -0.1) is 0 Å². The predicted molar refractivity (Wildman–Crippen MR) is 307 cm³/mol. The van der Waals surface area contributed by atoms with Crippen LogP contribution in [0.5, 0.6) is 11.5 Å².